The number of nitrogens with one attached hydrogen (secondary N) is 1. The molecule has 0 bridgehead atoms. The molecule has 1 aliphatic heterocycles. The number of nitrogens with zero attached hydrogens (tertiary/aromatic N) is 6. The van der Waals surface area contributed by atoms with Gasteiger partial charge in [0.15, 0.2) is 5.65 Å². The molecule has 1 fully saturated rings. The van der Waals surface area contributed by atoms with E-state index in [4.69, 9.17) is 9.72 Å². The molecule has 9 nitrogen and oxygen atoms in total. The normalized spacial score (nSPS) is 20.7. The number of ether oxygens (including phenoxy) is 1. The van der Waals surface area contributed by atoms with Gasteiger partial charge in [-0.05, 0) is 56.0 Å². The van der Waals surface area contributed by atoms with Gasteiger partial charge in [-0.15, -0.1) is 0 Å². The standard InChI is InChI=1S/C25H33N7O2/c1-30(2)24(33)17-6-5-7-20(10-17)32-23-19(14-27-32)13-26-25(29-23)28-21-11-18-15-31(3)9-8-16(18)12-22(21)34-4/h11-14,17,20H,5-10,15H2,1-4H3,(H,26,28,29). The minimum atomic E-state index is 0.0327. The molecule has 1 saturated carbocycles. The summed E-state index contributed by atoms with van der Waals surface area (Å²) in [6, 6.07) is 4.42. The van der Waals surface area contributed by atoms with Crippen molar-refractivity contribution in [2.24, 2.45) is 5.92 Å². The van der Waals surface area contributed by atoms with E-state index in [1.165, 1.54) is 11.1 Å². The summed E-state index contributed by atoms with van der Waals surface area (Å²) in [6.45, 7) is 1.96. The number of fused-ring (bicyclic) bond motifs is 2. The third-order valence-electron chi connectivity index (χ3n) is 7.09. The second-order valence-corrected chi connectivity index (χ2v) is 9.75. The summed E-state index contributed by atoms with van der Waals surface area (Å²) in [7, 11) is 7.48. The number of hydrogen-bond donors (Lipinski definition) is 1. The van der Waals surface area contributed by atoms with Crippen molar-refractivity contribution in [1.82, 2.24) is 29.5 Å². The van der Waals surface area contributed by atoms with Crippen LogP contribution in [-0.4, -0.2) is 70.3 Å². The molecule has 0 radical (unpaired) electrons. The summed E-state index contributed by atoms with van der Waals surface area (Å²) in [5.74, 6) is 1.53. The average molecular weight is 464 g/mol. The first-order valence-electron chi connectivity index (χ1n) is 12.0. The summed E-state index contributed by atoms with van der Waals surface area (Å²) >= 11 is 0. The highest BCUT2D eigenvalue weighted by Crippen LogP contribution is 2.36. The molecule has 180 valence electrons. The molecule has 1 aromatic carbocycles. The molecule has 2 aliphatic rings. The number of hydrogen-bond acceptors (Lipinski definition) is 7. The largest absolute Gasteiger partial charge is 0.495 e. The molecular formula is C25H33N7O2. The van der Waals surface area contributed by atoms with Crippen molar-refractivity contribution in [1.29, 1.82) is 0 Å². The topological polar surface area (TPSA) is 88.4 Å². The molecule has 2 atom stereocenters. The van der Waals surface area contributed by atoms with Crippen LogP contribution in [0.3, 0.4) is 0 Å². The van der Waals surface area contributed by atoms with Crippen molar-refractivity contribution in [2.75, 3.05) is 40.1 Å². The first-order chi connectivity index (χ1) is 16.4. The Morgan fingerprint density at radius 2 is 2.06 bits per heavy atom. The lowest BCUT2D eigenvalue weighted by Crippen LogP contribution is -2.33. The number of anilines is 2. The van der Waals surface area contributed by atoms with Crippen molar-refractivity contribution < 1.29 is 9.53 Å². The zero-order valence-corrected chi connectivity index (χ0v) is 20.4. The Balaban J connectivity index is 1.43. The third kappa shape index (κ3) is 4.32. The van der Waals surface area contributed by atoms with Gasteiger partial charge in [0.05, 0.1) is 30.4 Å². The lowest BCUT2D eigenvalue weighted by Gasteiger charge is -2.30. The van der Waals surface area contributed by atoms with E-state index < -0.39 is 0 Å². The summed E-state index contributed by atoms with van der Waals surface area (Å²) in [5.41, 5.74) is 4.27. The van der Waals surface area contributed by atoms with E-state index >= 15 is 0 Å². The quantitative estimate of drug-likeness (QED) is 0.620. The lowest BCUT2D eigenvalue weighted by molar-refractivity contribution is -0.134. The lowest BCUT2D eigenvalue weighted by atomic mass is 9.85. The van der Waals surface area contributed by atoms with Crippen LogP contribution in [0.15, 0.2) is 24.5 Å². The van der Waals surface area contributed by atoms with Crippen molar-refractivity contribution in [2.45, 2.75) is 44.7 Å². The maximum Gasteiger partial charge on any atom is 0.229 e. The monoisotopic (exact) mass is 463 g/mol. The van der Waals surface area contributed by atoms with Crippen LogP contribution in [0.2, 0.25) is 0 Å². The highest BCUT2D eigenvalue weighted by Gasteiger charge is 2.30. The molecule has 34 heavy (non-hydrogen) atoms. The number of carbonyl (C=O) groups is 1. The van der Waals surface area contributed by atoms with Crippen LogP contribution in [0.4, 0.5) is 11.6 Å². The maximum atomic E-state index is 12.6. The van der Waals surface area contributed by atoms with Gasteiger partial charge in [-0.3, -0.25) is 4.79 Å². The predicted molar refractivity (Wildman–Crippen MR) is 131 cm³/mol. The predicted octanol–water partition coefficient (Wildman–Crippen LogP) is 3.39. The molecule has 0 spiro atoms. The Bertz CT molecular complexity index is 1210. The minimum Gasteiger partial charge on any atom is -0.495 e. The van der Waals surface area contributed by atoms with Crippen molar-refractivity contribution in [3.05, 3.63) is 35.7 Å². The number of likely N-dealkylation sites (N-methyl/N-ethyl adjacent to an activating group) is 1. The number of benzene rings is 1. The van der Waals surface area contributed by atoms with E-state index in [1.807, 2.05) is 25.0 Å². The fourth-order valence-electron chi connectivity index (χ4n) is 5.25. The zero-order chi connectivity index (χ0) is 23.8. The molecule has 5 rings (SSSR count). The molecule has 1 aliphatic carbocycles. The number of rotatable bonds is 5. The van der Waals surface area contributed by atoms with Crippen LogP contribution >= 0.6 is 0 Å². The molecule has 0 saturated heterocycles. The van der Waals surface area contributed by atoms with Crippen molar-refractivity contribution in [3.8, 4) is 5.75 Å². The highest BCUT2D eigenvalue weighted by atomic mass is 16.5. The van der Waals surface area contributed by atoms with Gasteiger partial charge in [0.25, 0.3) is 0 Å². The number of methoxy groups -OCH3 is 1. The molecule has 3 aromatic rings. The Hall–Kier alpha value is -3.20. The van der Waals surface area contributed by atoms with Gasteiger partial charge >= 0.3 is 0 Å². The van der Waals surface area contributed by atoms with Crippen LogP contribution in [0.25, 0.3) is 11.0 Å². The Kier molecular flexibility index (Phi) is 6.12. The van der Waals surface area contributed by atoms with Gasteiger partial charge in [-0.25, -0.2) is 9.67 Å². The van der Waals surface area contributed by atoms with Gasteiger partial charge in [-0.2, -0.15) is 10.1 Å². The van der Waals surface area contributed by atoms with Crippen molar-refractivity contribution in [3.63, 3.8) is 0 Å². The van der Waals surface area contributed by atoms with Crippen LogP contribution < -0.4 is 10.1 Å². The highest BCUT2D eigenvalue weighted by molar-refractivity contribution is 5.79. The first kappa shape index (κ1) is 22.6. The zero-order valence-electron chi connectivity index (χ0n) is 20.4. The summed E-state index contributed by atoms with van der Waals surface area (Å²) in [6.07, 6.45) is 8.35. The van der Waals surface area contributed by atoms with Crippen molar-refractivity contribution >= 4 is 28.6 Å². The molecule has 1 amide bonds. The van der Waals surface area contributed by atoms with E-state index in [1.54, 1.807) is 18.2 Å². The number of aromatic nitrogens is 4. The van der Waals surface area contributed by atoms with E-state index in [-0.39, 0.29) is 17.9 Å². The summed E-state index contributed by atoms with van der Waals surface area (Å²) in [4.78, 5) is 25.9. The maximum absolute atomic E-state index is 12.6. The number of amides is 1. The SMILES string of the molecule is COc1cc2c(cc1Nc1ncc3cnn(C4CCCC(C(=O)N(C)C)C4)c3n1)CN(C)CC2. The fourth-order valence-corrected chi connectivity index (χ4v) is 5.25. The van der Waals surface area contributed by atoms with Crippen LogP contribution in [0.5, 0.6) is 5.75 Å². The van der Waals surface area contributed by atoms with E-state index in [0.717, 1.165) is 67.7 Å². The van der Waals surface area contributed by atoms with Gasteiger partial charge < -0.3 is 19.9 Å². The van der Waals surface area contributed by atoms with E-state index in [0.29, 0.717) is 5.95 Å². The van der Waals surface area contributed by atoms with Gasteiger partial charge in [0.2, 0.25) is 11.9 Å². The van der Waals surface area contributed by atoms with E-state index in [9.17, 15) is 4.79 Å². The Morgan fingerprint density at radius 3 is 2.85 bits per heavy atom. The molecule has 2 unspecified atom stereocenters. The van der Waals surface area contributed by atoms with Crippen LogP contribution in [0, 0.1) is 5.92 Å². The average Bonchev–Trinajstić information content (AvgIpc) is 3.26. The fraction of sp³-hybridized carbons (Fsp3) is 0.520. The van der Waals surface area contributed by atoms with Crippen LogP contribution in [-0.2, 0) is 17.8 Å². The third-order valence-corrected chi connectivity index (χ3v) is 7.09. The smallest absolute Gasteiger partial charge is 0.229 e. The first-order valence-corrected chi connectivity index (χ1v) is 12.0. The van der Waals surface area contributed by atoms with Gasteiger partial charge in [0.1, 0.15) is 5.75 Å². The molecule has 1 N–H and O–H groups in total. The van der Waals surface area contributed by atoms with Gasteiger partial charge in [0, 0.05) is 39.3 Å². The van der Waals surface area contributed by atoms with E-state index in [2.05, 4.69) is 39.5 Å². The second-order valence-electron chi connectivity index (χ2n) is 9.75. The molecular weight excluding hydrogens is 430 g/mol. The van der Waals surface area contributed by atoms with Crippen LogP contribution in [0.1, 0.15) is 42.9 Å². The summed E-state index contributed by atoms with van der Waals surface area (Å²) < 4.78 is 7.65. The number of carbonyl (C=O) groups excluding carboxylic acids is 1. The minimum absolute atomic E-state index is 0.0327. The Morgan fingerprint density at radius 1 is 1.21 bits per heavy atom. The molecule has 3 heterocycles. The molecule has 9 heteroatoms. The second kappa shape index (κ2) is 9.21. The van der Waals surface area contributed by atoms with Gasteiger partial charge in [-0.1, -0.05) is 6.42 Å². The Labute approximate surface area is 200 Å². The summed E-state index contributed by atoms with van der Waals surface area (Å²) in [5, 5.41) is 8.91. The molecule has 2 aromatic heterocycles.